The molecule has 9 heteroatoms. The number of nitrogens with two attached hydrogens (primary N) is 1. The molecule has 1 amide bonds. The van der Waals surface area contributed by atoms with Crippen molar-refractivity contribution in [2.24, 2.45) is 5.73 Å². The zero-order chi connectivity index (χ0) is 9.72. The Morgan fingerprint density at radius 3 is 2.58 bits per heavy atom. The number of carbonyl (C=O) groups excluding carboxylic acids is 1. The number of hydroxylamine groups is 1. The van der Waals surface area contributed by atoms with E-state index in [0.29, 0.717) is 0 Å². The number of nitrogens with one attached hydrogen (secondary N) is 2. The maximum atomic E-state index is 10.3. The minimum Gasteiger partial charge on any atom is -0.367 e. The van der Waals surface area contributed by atoms with E-state index in [1.165, 1.54) is 0 Å². The molecule has 0 aliphatic carbocycles. The van der Waals surface area contributed by atoms with Crippen LogP contribution in [0, 0.1) is 15.5 Å². The van der Waals surface area contributed by atoms with Gasteiger partial charge in [0.25, 0.3) is 0 Å². The standard InChI is InChI=1S/C3H7N5O4/c1-2(9)6-7(3(4)5)12-8(10)11/h1H3,(H3,4,5)(H,6,9). The summed E-state index contributed by atoms with van der Waals surface area (Å²) < 4.78 is 0. The summed E-state index contributed by atoms with van der Waals surface area (Å²) in [6.07, 6.45) is 0. The predicted octanol–water partition coefficient (Wildman–Crippen LogP) is -1.64. The average molecular weight is 177 g/mol. The third-order valence-corrected chi connectivity index (χ3v) is 0.626. The third kappa shape index (κ3) is 3.87. The van der Waals surface area contributed by atoms with Crippen LogP contribution in [0.15, 0.2) is 0 Å². The number of carbonyl (C=O) groups is 1. The van der Waals surface area contributed by atoms with Crippen molar-refractivity contribution in [1.82, 2.24) is 10.6 Å². The van der Waals surface area contributed by atoms with Crippen LogP contribution in [-0.2, 0) is 9.73 Å². The van der Waals surface area contributed by atoms with E-state index < -0.39 is 17.0 Å². The fourth-order valence-corrected chi connectivity index (χ4v) is 0.334. The highest BCUT2D eigenvalue weighted by molar-refractivity contribution is 5.79. The summed E-state index contributed by atoms with van der Waals surface area (Å²) in [6.45, 7) is 1.08. The molecule has 0 aromatic rings. The van der Waals surface area contributed by atoms with Gasteiger partial charge in [0.1, 0.15) is 0 Å². The first kappa shape index (κ1) is 9.94. The lowest BCUT2D eigenvalue weighted by atomic mass is 10.8. The molecule has 0 rings (SSSR count). The van der Waals surface area contributed by atoms with Crippen LogP contribution in [0.3, 0.4) is 0 Å². The summed E-state index contributed by atoms with van der Waals surface area (Å²) in [7, 11) is 0. The lowest BCUT2D eigenvalue weighted by Gasteiger charge is -2.16. The molecule has 12 heavy (non-hydrogen) atoms. The number of hydrogen-bond acceptors (Lipinski definition) is 5. The van der Waals surface area contributed by atoms with E-state index in [2.05, 4.69) is 4.94 Å². The largest absolute Gasteiger partial charge is 0.367 e. The Labute approximate surface area is 66.6 Å². The second kappa shape index (κ2) is 3.95. The van der Waals surface area contributed by atoms with E-state index >= 15 is 0 Å². The third-order valence-electron chi connectivity index (χ3n) is 0.626. The van der Waals surface area contributed by atoms with Crippen LogP contribution in [-0.4, -0.2) is 22.1 Å². The van der Waals surface area contributed by atoms with Gasteiger partial charge in [-0.05, 0) is 0 Å². The van der Waals surface area contributed by atoms with Gasteiger partial charge in [0.15, 0.2) is 0 Å². The van der Waals surface area contributed by atoms with E-state index in [-0.39, 0.29) is 5.17 Å². The smallest absolute Gasteiger partial charge is 0.318 e. The predicted molar refractivity (Wildman–Crippen MR) is 35.6 cm³/mol. The molecule has 0 aromatic heterocycles. The molecule has 0 saturated heterocycles. The number of rotatable bonds is 2. The molecule has 0 aliphatic rings. The lowest BCUT2D eigenvalue weighted by Crippen LogP contribution is -2.49. The van der Waals surface area contributed by atoms with Gasteiger partial charge in [-0.1, -0.05) is 5.17 Å². The molecule has 0 saturated carbocycles. The topological polar surface area (TPSA) is 135 Å². The first-order valence-electron chi connectivity index (χ1n) is 2.67. The lowest BCUT2D eigenvalue weighted by molar-refractivity contribution is -0.806. The minimum absolute atomic E-state index is 0.127. The summed E-state index contributed by atoms with van der Waals surface area (Å²) >= 11 is 0. The number of guanidine groups is 1. The number of hydrazine groups is 1. The Morgan fingerprint density at radius 1 is 1.83 bits per heavy atom. The van der Waals surface area contributed by atoms with Crippen molar-refractivity contribution in [3.63, 3.8) is 0 Å². The summed E-state index contributed by atoms with van der Waals surface area (Å²) in [5.41, 5.74) is 6.59. The Bertz CT molecular complexity index is 199. The van der Waals surface area contributed by atoms with Gasteiger partial charge in [0, 0.05) is 6.92 Å². The van der Waals surface area contributed by atoms with Crippen molar-refractivity contribution in [3.8, 4) is 0 Å². The van der Waals surface area contributed by atoms with Crippen LogP contribution in [0.1, 0.15) is 6.92 Å². The zero-order valence-corrected chi connectivity index (χ0v) is 6.10. The summed E-state index contributed by atoms with van der Waals surface area (Å²) in [6, 6.07) is 0. The molecule has 0 spiro atoms. The Kier molecular flexibility index (Phi) is 3.27. The van der Waals surface area contributed by atoms with Gasteiger partial charge in [0.2, 0.25) is 11.9 Å². The molecule has 9 nitrogen and oxygen atoms in total. The van der Waals surface area contributed by atoms with E-state index in [4.69, 9.17) is 11.1 Å². The number of amides is 1. The van der Waals surface area contributed by atoms with Crippen LogP contribution < -0.4 is 11.2 Å². The van der Waals surface area contributed by atoms with Crippen molar-refractivity contribution < 1.29 is 14.8 Å². The number of nitrogens with zero attached hydrogens (tertiary/aromatic N) is 2. The molecule has 0 bridgehead atoms. The molecule has 4 N–H and O–H groups in total. The Morgan fingerprint density at radius 2 is 2.33 bits per heavy atom. The molecule has 0 aromatic carbocycles. The van der Waals surface area contributed by atoms with Crippen LogP contribution in [0.25, 0.3) is 0 Å². The summed E-state index contributed by atoms with van der Waals surface area (Å²) in [5, 5.41) is 15.3. The first-order valence-corrected chi connectivity index (χ1v) is 2.67. The van der Waals surface area contributed by atoms with Crippen molar-refractivity contribution in [2.45, 2.75) is 6.92 Å². The second-order valence-corrected chi connectivity index (χ2v) is 1.65. The Hall–Kier alpha value is -2.06. The molecule has 68 valence electrons. The molecule has 0 aliphatic heterocycles. The molecule has 0 radical (unpaired) electrons. The second-order valence-electron chi connectivity index (χ2n) is 1.65. The normalized spacial score (nSPS) is 8.42. The van der Waals surface area contributed by atoms with Crippen molar-refractivity contribution in [2.75, 3.05) is 0 Å². The van der Waals surface area contributed by atoms with Crippen LogP contribution in [0.4, 0.5) is 0 Å². The SMILES string of the molecule is CC(=O)NN(O[N+](=O)[O-])C(=N)N. The van der Waals surface area contributed by atoms with E-state index in [0.717, 1.165) is 6.92 Å². The molecular weight excluding hydrogens is 170 g/mol. The molecular formula is C3H7N5O4. The van der Waals surface area contributed by atoms with Crippen molar-refractivity contribution >= 4 is 11.9 Å². The van der Waals surface area contributed by atoms with E-state index in [1.54, 1.807) is 5.43 Å². The van der Waals surface area contributed by atoms with Gasteiger partial charge in [0.05, 0.1) is 0 Å². The highest BCUT2D eigenvalue weighted by atomic mass is 17.0. The van der Waals surface area contributed by atoms with Gasteiger partial charge in [-0.15, -0.1) is 10.1 Å². The first-order chi connectivity index (χ1) is 5.43. The Balaban J connectivity index is 4.14. The zero-order valence-electron chi connectivity index (χ0n) is 6.10. The monoisotopic (exact) mass is 177 g/mol. The quantitative estimate of drug-likeness (QED) is 0.200. The highest BCUT2D eigenvalue weighted by Crippen LogP contribution is 1.83. The average Bonchev–Trinajstić information content (AvgIpc) is 1.83. The van der Waals surface area contributed by atoms with Gasteiger partial charge >= 0.3 is 5.09 Å². The highest BCUT2D eigenvalue weighted by Gasteiger charge is 2.11. The molecule has 0 unspecified atom stereocenters. The van der Waals surface area contributed by atoms with Crippen LogP contribution in [0.2, 0.25) is 0 Å². The summed E-state index contributed by atoms with van der Waals surface area (Å²) in [5.74, 6) is -1.45. The van der Waals surface area contributed by atoms with Gasteiger partial charge in [-0.3, -0.25) is 10.2 Å². The summed E-state index contributed by atoms with van der Waals surface area (Å²) in [4.78, 5) is 23.8. The van der Waals surface area contributed by atoms with E-state index in [9.17, 15) is 14.9 Å². The van der Waals surface area contributed by atoms with Gasteiger partial charge in [-0.2, -0.15) is 4.94 Å². The maximum Gasteiger partial charge on any atom is 0.318 e. The molecule has 0 heterocycles. The fraction of sp³-hybridized carbons (Fsp3) is 0.333. The van der Waals surface area contributed by atoms with Crippen LogP contribution >= 0.6 is 0 Å². The number of hydrogen-bond donors (Lipinski definition) is 3. The molecule has 0 atom stereocenters. The van der Waals surface area contributed by atoms with Gasteiger partial charge in [-0.25, -0.2) is 5.43 Å². The van der Waals surface area contributed by atoms with Crippen molar-refractivity contribution in [3.05, 3.63) is 10.1 Å². The maximum absolute atomic E-state index is 10.3. The fourth-order valence-electron chi connectivity index (χ4n) is 0.334. The van der Waals surface area contributed by atoms with Crippen molar-refractivity contribution in [1.29, 1.82) is 5.41 Å². The molecule has 0 fully saturated rings. The van der Waals surface area contributed by atoms with Gasteiger partial charge < -0.3 is 5.73 Å². The minimum atomic E-state index is -1.21. The van der Waals surface area contributed by atoms with E-state index in [1.807, 2.05) is 0 Å². The van der Waals surface area contributed by atoms with Crippen LogP contribution in [0.5, 0.6) is 0 Å².